The molecule has 1 N–H and O–H groups in total. The van der Waals surface area contributed by atoms with Gasteiger partial charge in [-0.3, -0.25) is 15.0 Å². The molecule has 10 heteroatoms. The molecule has 234 valence electrons. The lowest BCUT2D eigenvalue weighted by Gasteiger charge is -2.30. The largest absolute Gasteiger partial charge is 0.461 e. The van der Waals surface area contributed by atoms with Gasteiger partial charge in [-0.25, -0.2) is 9.37 Å². The van der Waals surface area contributed by atoms with Gasteiger partial charge in [0, 0.05) is 58.0 Å². The van der Waals surface area contributed by atoms with Crippen molar-refractivity contribution in [3.05, 3.63) is 54.5 Å². The normalized spacial score (nSPS) is 20.1. The lowest BCUT2D eigenvalue weighted by atomic mass is 9.94. The number of benzene rings is 2. The first-order valence-electron chi connectivity index (χ1n) is 16.4. The average molecular weight is 649 g/mol. The SMILES string of the molecule is CC[Si](C#Cc1cccc2cc3[nH]ncc3c(-c3nccc4c3sc3nc(OC[C@@]56CCCN5C[C@H](F)C6)ncc34)c12)(CC)CC. The molecule has 0 saturated carbocycles. The van der Waals surface area contributed by atoms with Crippen molar-refractivity contribution in [2.24, 2.45) is 0 Å². The van der Waals surface area contributed by atoms with Crippen LogP contribution in [0.3, 0.4) is 0 Å². The minimum absolute atomic E-state index is 0.243. The van der Waals surface area contributed by atoms with Gasteiger partial charge in [-0.15, -0.1) is 16.9 Å². The minimum atomic E-state index is -1.66. The number of H-pyrrole nitrogens is 1. The van der Waals surface area contributed by atoms with Crippen LogP contribution in [-0.4, -0.2) is 69.5 Å². The molecule has 8 rings (SSSR count). The van der Waals surface area contributed by atoms with E-state index in [1.807, 2.05) is 24.7 Å². The van der Waals surface area contributed by atoms with Crippen molar-refractivity contribution in [3.63, 3.8) is 0 Å². The van der Waals surface area contributed by atoms with Crippen molar-refractivity contribution < 1.29 is 9.13 Å². The van der Waals surface area contributed by atoms with Gasteiger partial charge in [-0.05, 0) is 61.1 Å². The Hall–Kier alpha value is -3.91. The number of fused-ring (bicyclic) bond motifs is 6. The van der Waals surface area contributed by atoms with E-state index in [9.17, 15) is 4.39 Å². The molecule has 4 aromatic heterocycles. The molecule has 0 aliphatic carbocycles. The monoisotopic (exact) mass is 648 g/mol. The number of aromatic amines is 1. The minimum Gasteiger partial charge on any atom is -0.461 e. The number of nitrogens with zero attached hydrogens (tertiary/aromatic N) is 5. The third-order valence-corrected chi connectivity index (χ3v) is 16.5. The van der Waals surface area contributed by atoms with E-state index in [1.54, 1.807) is 11.3 Å². The zero-order valence-electron chi connectivity index (χ0n) is 26.5. The number of hydrogen-bond acceptors (Lipinski definition) is 7. The number of aromatic nitrogens is 5. The van der Waals surface area contributed by atoms with Crippen LogP contribution < -0.4 is 4.74 Å². The Morgan fingerprint density at radius 3 is 2.83 bits per heavy atom. The molecule has 6 aromatic rings. The number of thiophene rings is 1. The Morgan fingerprint density at radius 2 is 1.98 bits per heavy atom. The predicted molar refractivity (Wildman–Crippen MR) is 188 cm³/mol. The van der Waals surface area contributed by atoms with Gasteiger partial charge in [0.05, 0.1) is 27.6 Å². The van der Waals surface area contributed by atoms with Gasteiger partial charge in [0.25, 0.3) is 0 Å². The highest BCUT2D eigenvalue weighted by Gasteiger charge is 2.49. The maximum absolute atomic E-state index is 14.3. The van der Waals surface area contributed by atoms with Crippen molar-refractivity contribution in [2.45, 2.75) is 69.9 Å². The summed E-state index contributed by atoms with van der Waals surface area (Å²) in [6.07, 6.45) is 7.38. The summed E-state index contributed by atoms with van der Waals surface area (Å²) in [6, 6.07) is 14.4. The number of nitrogens with one attached hydrogen (secondary N) is 1. The molecule has 2 aliphatic heterocycles. The molecule has 6 heterocycles. The average Bonchev–Trinajstić information content (AvgIpc) is 3.85. The summed E-state index contributed by atoms with van der Waals surface area (Å²) in [5.74, 6) is 3.68. The van der Waals surface area contributed by atoms with E-state index < -0.39 is 14.2 Å². The summed E-state index contributed by atoms with van der Waals surface area (Å²) in [5, 5.41) is 12.9. The fraction of sp³-hybridized carbons (Fsp3) is 0.389. The third-order valence-electron chi connectivity index (χ3n) is 10.7. The Morgan fingerprint density at radius 1 is 1.11 bits per heavy atom. The highest BCUT2D eigenvalue weighted by atomic mass is 32.1. The number of hydrogen-bond donors (Lipinski definition) is 1. The molecule has 2 aromatic carbocycles. The van der Waals surface area contributed by atoms with Crippen molar-refractivity contribution in [2.75, 3.05) is 19.7 Å². The zero-order valence-corrected chi connectivity index (χ0v) is 28.3. The molecule has 0 unspecified atom stereocenters. The smallest absolute Gasteiger partial charge is 0.317 e. The standard InChI is InChI=1S/C36H37FN6OSSi/c1-4-46(5-2,6-3)16-12-23-9-7-10-24-17-29-28(20-40-42-29)31(30(23)24)32-33-26(11-14-38-32)27-19-39-35(41-34(27)45-33)44-22-36-13-8-15-43(36)21-25(37)18-36/h7,9-11,14,17,19-20,25H,4-6,8,13,15,18,21-22H2,1-3H3,(H,40,42)/t25-,36+/m1/s1. The zero-order chi connectivity index (χ0) is 31.5. The van der Waals surface area contributed by atoms with Crippen molar-refractivity contribution in [1.82, 2.24) is 30.0 Å². The second-order valence-corrected chi connectivity index (χ2v) is 18.9. The van der Waals surface area contributed by atoms with Crippen molar-refractivity contribution in [1.29, 1.82) is 0 Å². The molecule has 46 heavy (non-hydrogen) atoms. The second kappa shape index (κ2) is 11.4. The highest BCUT2D eigenvalue weighted by Crippen LogP contribution is 2.44. The van der Waals surface area contributed by atoms with Gasteiger partial charge in [0.1, 0.15) is 25.7 Å². The lowest BCUT2D eigenvalue weighted by molar-refractivity contribution is 0.107. The van der Waals surface area contributed by atoms with E-state index in [4.69, 9.17) is 14.7 Å². The summed E-state index contributed by atoms with van der Waals surface area (Å²) < 4.78 is 21.6. The van der Waals surface area contributed by atoms with Crippen LogP contribution in [0.4, 0.5) is 4.39 Å². The maximum atomic E-state index is 14.3. The van der Waals surface area contributed by atoms with E-state index in [2.05, 4.69) is 76.6 Å². The van der Waals surface area contributed by atoms with Crippen LogP contribution in [-0.2, 0) is 0 Å². The number of pyridine rings is 1. The summed E-state index contributed by atoms with van der Waals surface area (Å²) in [6.45, 7) is 8.71. The van der Waals surface area contributed by atoms with Crippen LogP contribution in [0.5, 0.6) is 6.01 Å². The van der Waals surface area contributed by atoms with Gasteiger partial charge >= 0.3 is 6.01 Å². The van der Waals surface area contributed by atoms with Crippen LogP contribution >= 0.6 is 11.3 Å². The molecular formula is C36H37FN6OSSi. The fourth-order valence-electron chi connectivity index (χ4n) is 7.80. The van der Waals surface area contributed by atoms with Crippen molar-refractivity contribution in [3.8, 4) is 28.7 Å². The molecule has 0 amide bonds. The highest BCUT2D eigenvalue weighted by molar-refractivity contribution is 7.26. The Balaban J connectivity index is 1.26. The first-order valence-corrected chi connectivity index (χ1v) is 19.9. The second-order valence-electron chi connectivity index (χ2n) is 13.0. The molecular weight excluding hydrogens is 612 g/mol. The van der Waals surface area contributed by atoms with Gasteiger partial charge in [0.2, 0.25) is 0 Å². The Labute approximate surface area is 272 Å². The van der Waals surface area contributed by atoms with Crippen molar-refractivity contribution >= 4 is 61.4 Å². The first kappa shape index (κ1) is 29.5. The Kier molecular flexibility index (Phi) is 7.31. The van der Waals surface area contributed by atoms with Crippen LogP contribution in [0.1, 0.15) is 45.6 Å². The quantitative estimate of drug-likeness (QED) is 0.139. The molecule has 0 radical (unpaired) electrons. The lowest BCUT2D eigenvalue weighted by Crippen LogP contribution is -2.43. The predicted octanol–water partition coefficient (Wildman–Crippen LogP) is 8.29. The van der Waals surface area contributed by atoms with E-state index >= 15 is 0 Å². The topological polar surface area (TPSA) is 79.8 Å². The van der Waals surface area contributed by atoms with Crippen LogP contribution in [0.2, 0.25) is 18.1 Å². The van der Waals surface area contributed by atoms with Crippen LogP contribution in [0, 0.1) is 11.5 Å². The van der Waals surface area contributed by atoms with Crippen LogP contribution in [0.15, 0.2) is 48.9 Å². The molecule has 2 aliphatic rings. The number of ether oxygens (including phenoxy) is 1. The van der Waals surface area contributed by atoms with Crippen LogP contribution in [0.25, 0.3) is 53.2 Å². The maximum Gasteiger partial charge on any atom is 0.317 e. The van der Waals surface area contributed by atoms with Gasteiger partial charge < -0.3 is 4.74 Å². The number of rotatable bonds is 7. The molecule has 7 nitrogen and oxygen atoms in total. The van der Waals surface area contributed by atoms with E-state index in [0.717, 1.165) is 96.3 Å². The van der Waals surface area contributed by atoms with E-state index in [-0.39, 0.29) is 5.54 Å². The van der Waals surface area contributed by atoms with Gasteiger partial charge in [0.15, 0.2) is 0 Å². The number of alkyl halides is 1. The summed E-state index contributed by atoms with van der Waals surface area (Å²) in [7, 11) is -1.66. The fourth-order valence-corrected chi connectivity index (χ4v) is 11.4. The Bertz CT molecular complexity index is 2170. The van der Waals surface area contributed by atoms with E-state index in [0.29, 0.717) is 25.6 Å². The number of halogens is 1. The molecule has 2 atom stereocenters. The summed E-state index contributed by atoms with van der Waals surface area (Å²) in [5.41, 5.74) is 7.49. The van der Waals surface area contributed by atoms with E-state index in [1.165, 1.54) is 0 Å². The summed E-state index contributed by atoms with van der Waals surface area (Å²) >= 11 is 1.60. The van der Waals surface area contributed by atoms with Gasteiger partial charge in [-0.1, -0.05) is 38.8 Å². The molecule has 2 saturated heterocycles. The first-order chi connectivity index (χ1) is 22.5. The molecule has 2 fully saturated rings. The molecule has 0 spiro atoms. The van der Waals surface area contributed by atoms with Gasteiger partial charge in [-0.2, -0.15) is 10.1 Å². The third kappa shape index (κ3) is 4.71. The summed E-state index contributed by atoms with van der Waals surface area (Å²) in [4.78, 5) is 17.6. The molecule has 0 bridgehead atoms.